The van der Waals surface area contributed by atoms with Crippen molar-refractivity contribution in [3.8, 4) is 0 Å². The minimum Gasteiger partial charge on any atom is -0.361 e. The van der Waals surface area contributed by atoms with Crippen LogP contribution in [0, 0.1) is 11.3 Å². The van der Waals surface area contributed by atoms with Crippen LogP contribution >= 0.6 is 0 Å². The van der Waals surface area contributed by atoms with Gasteiger partial charge in [0.05, 0.1) is 0 Å². The smallest absolute Gasteiger partial charge is 0.0466 e. The second-order valence-electron chi connectivity index (χ2n) is 6.29. The lowest BCUT2D eigenvalue weighted by molar-refractivity contribution is 0.811. The summed E-state index contributed by atoms with van der Waals surface area (Å²) in [5.41, 5.74) is 6.50. The van der Waals surface area contributed by atoms with Crippen molar-refractivity contribution in [2.75, 3.05) is 0 Å². The summed E-state index contributed by atoms with van der Waals surface area (Å²) in [5.74, 6) is 0.338. The molecular weight excluding hydrogens is 292 g/mol. The Morgan fingerprint density at radius 2 is 1.83 bits per heavy atom. The molecule has 0 unspecified atom stereocenters. The van der Waals surface area contributed by atoms with Gasteiger partial charge in [0.2, 0.25) is 0 Å². The predicted molar refractivity (Wildman–Crippen MR) is 104 cm³/mol. The van der Waals surface area contributed by atoms with Crippen LogP contribution in [0.4, 0.5) is 0 Å². The van der Waals surface area contributed by atoms with Crippen molar-refractivity contribution in [1.29, 1.82) is 5.41 Å². The molecule has 0 aliphatic heterocycles. The molecule has 0 aliphatic rings. The van der Waals surface area contributed by atoms with Crippen molar-refractivity contribution in [1.82, 2.24) is 4.98 Å². The van der Waals surface area contributed by atoms with Crippen LogP contribution in [-0.4, -0.2) is 11.2 Å². The molecule has 3 aromatic rings. The standard InChI is InChI=1S/C22H22N2/c1-15(2)19(13-23)11-20-14-24-22-12-18(9-10-21(20)22)16(3)17-7-5-4-6-8-17/h4-15,23-24H,3H2,1-2H3/b19-11-,23-13?. The molecule has 24 heavy (non-hydrogen) atoms. The van der Waals surface area contributed by atoms with E-state index in [0.717, 1.165) is 33.4 Å². The highest BCUT2D eigenvalue weighted by Crippen LogP contribution is 2.27. The van der Waals surface area contributed by atoms with Gasteiger partial charge in [0.1, 0.15) is 0 Å². The molecule has 3 rings (SSSR count). The average molecular weight is 314 g/mol. The number of rotatable bonds is 5. The Bertz CT molecular complexity index is 912. The van der Waals surface area contributed by atoms with Gasteiger partial charge < -0.3 is 10.4 Å². The lowest BCUT2D eigenvalue weighted by Crippen LogP contribution is -1.94. The monoisotopic (exact) mass is 314 g/mol. The molecule has 2 N–H and O–H groups in total. The van der Waals surface area contributed by atoms with Crippen LogP contribution in [0.25, 0.3) is 22.6 Å². The third-order valence-corrected chi connectivity index (χ3v) is 4.34. The van der Waals surface area contributed by atoms with Crippen molar-refractivity contribution < 1.29 is 0 Å². The van der Waals surface area contributed by atoms with Crippen molar-refractivity contribution >= 4 is 28.8 Å². The maximum absolute atomic E-state index is 7.57. The minimum atomic E-state index is 0.338. The normalized spacial score (nSPS) is 11.9. The van der Waals surface area contributed by atoms with Crippen LogP contribution in [0.2, 0.25) is 0 Å². The van der Waals surface area contributed by atoms with Gasteiger partial charge in [0, 0.05) is 28.9 Å². The highest BCUT2D eigenvalue weighted by molar-refractivity contribution is 5.95. The first-order valence-corrected chi connectivity index (χ1v) is 8.18. The molecule has 0 spiro atoms. The third kappa shape index (κ3) is 3.09. The molecule has 1 heterocycles. The molecular formula is C22H22N2. The van der Waals surface area contributed by atoms with Gasteiger partial charge in [-0.05, 0) is 40.3 Å². The molecule has 1 aromatic heterocycles. The van der Waals surface area contributed by atoms with Crippen molar-refractivity contribution in [3.05, 3.63) is 83.6 Å². The quantitative estimate of drug-likeness (QED) is 0.549. The van der Waals surface area contributed by atoms with Crippen LogP contribution in [0.5, 0.6) is 0 Å². The van der Waals surface area contributed by atoms with Gasteiger partial charge in [-0.25, -0.2) is 0 Å². The van der Waals surface area contributed by atoms with Gasteiger partial charge >= 0.3 is 0 Å². The molecule has 0 saturated carbocycles. The molecule has 0 radical (unpaired) electrons. The molecule has 0 fully saturated rings. The largest absolute Gasteiger partial charge is 0.361 e. The fraction of sp³-hybridized carbons (Fsp3) is 0.136. The number of benzene rings is 2. The highest BCUT2D eigenvalue weighted by Gasteiger charge is 2.08. The van der Waals surface area contributed by atoms with E-state index in [9.17, 15) is 0 Å². The number of H-pyrrole nitrogens is 1. The summed E-state index contributed by atoms with van der Waals surface area (Å²) >= 11 is 0. The SMILES string of the molecule is C=C(c1ccccc1)c1ccc2c(/C=C(/C=N)C(C)C)c[nH]c2c1. The summed E-state index contributed by atoms with van der Waals surface area (Å²) in [4.78, 5) is 3.34. The maximum atomic E-state index is 7.57. The topological polar surface area (TPSA) is 39.6 Å². The van der Waals surface area contributed by atoms with E-state index in [4.69, 9.17) is 5.41 Å². The second kappa shape index (κ2) is 6.71. The Balaban J connectivity index is 2.00. The zero-order chi connectivity index (χ0) is 17.1. The van der Waals surface area contributed by atoms with E-state index in [-0.39, 0.29) is 0 Å². The molecule has 120 valence electrons. The van der Waals surface area contributed by atoms with Crippen LogP contribution in [-0.2, 0) is 0 Å². The Kier molecular flexibility index (Phi) is 4.48. The number of allylic oxidation sites excluding steroid dienone is 1. The van der Waals surface area contributed by atoms with E-state index in [1.165, 1.54) is 11.6 Å². The Morgan fingerprint density at radius 3 is 2.50 bits per heavy atom. The zero-order valence-electron chi connectivity index (χ0n) is 14.1. The van der Waals surface area contributed by atoms with Crippen molar-refractivity contribution in [3.63, 3.8) is 0 Å². The van der Waals surface area contributed by atoms with E-state index in [2.05, 4.69) is 61.8 Å². The third-order valence-electron chi connectivity index (χ3n) is 4.34. The van der Waals surface area contributed by atoms with Crippen molar-refractivity contribution in [2.24, 2.45) is 5.92 Å². The lowest BCUT2D eigenvalue weighted by Gasteiger charge is -2.07. The van der Waals surface area contributed by atoms with E-state index in [1.54, 1.807) is 0 Å². The van der Waals surface area contributed by atoms with E-state index < -0.39 is 0 Å². The number of aromatic nitrogens is 1. The van der Waals surface area contributed by atoms with Crippen molar-refractivity contribution in [2.45, 2.75) is 13.8 Å². The van der Waals surface area contributed by atoms with Gasteiger partial charge in [-0.1, -0.05) is 62.9 Å². The summed E-state index contributed by atoms with van der Waals surface area (Å²) in [6.45, 7) is 8.45. The summed E-state index contributed by atoms with van der Waals surface area (Å²) < 4.78 is 0. The second-order valence-corrected chi connectivity index (χ2v) is 6.29. The first-order valence-electron chi connectivity index (χ1n) is 8.18. The van der Waals surface area contributed by atoms with Gasteiger partial charge in [0.15, 0.2) is 0 Å². The summed E-state index contributed by atoms with van der Waals surface area (Å²) in [6, 6.07) is 16.6. The molecule has 0 amide bonds. The zero-order valence-corrected chi connectivity index (χ0v) is 14.1. The Labute approximate surface area is 143 Å². The van der Waals surface area contributed by atoms with Crippen LogP contribution in [0.1, 0.15) is 30.5 Å². The molecule has 0 bridgehead atoms. The van der Waals surface area contributed by atoms with Crippen LogP contribution in [0.3, 0.4) is 0 Å². The molecule has 0 saturated heterocycles. The lowest BCUT2D eigenvalue weighted by atomic mass is 9.97. The van der Waals surface area contributed by atoms with E-state index in [0.29, 0.717) is 5.92 Å². The maximum Gasteiger partial charge on any atom is 0.0466 e. The number of fused-ring (bicyclic) bond motifs is 1. The van der Waals surface area contributed by atoms with E-state index in [1.807, 2.05) is 24.4 Å². The van der Waals surface area contributed by atoms with Crippen LogP contribution in [0.15, 0.2) is 66.9 Å². The first kappa shape index (κ1) is 16.0. The first-order chi connectivity index (χ1) is 11.6. The predicted octanol–water partition coefficient (Wildman–Crippen LogP) is 5.92. The summed E-state index contributed by atoms with van der Waals surface area (Å²) in [7, 11) is 0. The number of hydrogen-bond donors (Lipinski definition) is 2. The highest BCUT2D eigenvalue weighted by atomic mass is 14.7. The molecule has 0 atom stereocenters. The molecule has 2 heteroatoms. The molecule has 2 nitrogen and oxygen atoms in total. The Morgan fingerprint density at radius 1 is 1.08 bits per heavy atom. The molecule has 2 aromatic carbocycles. The molecule has 0 aliphatic carbocycles. The fourth-order valence-corrected chi connectivity index (χ4v) is 2.82. The van der Waals surface area contributed by atoms with Gasteiger partial charge in [0.25, 0.3) is 0 Å². The minimum absolute atomic E-state index is 0.338. The summed E-state index contributed by atoms with van der Waals surface area (Å²) in [5, 5.41) is 8.74. The Hall–Kier alpha value is -2.87. The van der Waals surface area contributed by atoms with Gasteiger partial charge in [-0.3, -0.25) is 0 Å². The average Bonchev–Trinajstić information content (AvgIpc) is 3.01. The fourth-order valence-electron chi connectivity index (χ4n) is 2.82. The number of nitrogens with one attached hydrogen (secondary N) is 2. The van der Waals surface area contributed by atoms with E-state index >= 15 is 0 Å². The number of aromatic amines is 1. The van der Waals surface area contributed by atoms with Crippen LogP contribution < -0.4 is 0 Å². The van der Waals surface area contributed by atoms with Gasteiger partial charge in [-0.2, -0.15) is 0 Å². The van der Waals surface area contributed by atoms with Gasteiger partial charge in [-0.15, -0.1) is 0 Å². The summed E-state index contributed by atoms with van der Waals surface area (Å²) in [6.07, 6.45) is 5.53. The number of hydrogen-bond acceptors (Lipinski definition) is 1.